The van der Waals surface area contributed by atoms with Crippen LogP contribution in [0, 0.1) is 0 Å². The zero-order valence-corrected chi connectivity index (χ0v) is 18.7. The zero-order chi connectivity index (χ0) is 25.1. The van der Waals surface area contributed by atoms with Crippen molar-refractivity contribution in [1.82, 2.24) is 4.90 Å². The molecule has 3 rings (SSSR count). The molecule has 1 heterocycles. The molecular formula is C24H23F3N2O5. The Hall–Kier alpha value is -3.82. The van der Waals surface area contributed by atoms with E-state index in [4.69, 9.17) is 9.47 Å². The second kappa shape index (κ2) is 9.58. The molecule has 0 spiro atoms. The van der Waals surface area contributed by atoms with Gasteiger partial charge in [-0.15, -0.1) is 0 Å². The van der Waals surface area contributed by atoms with Gasteiger partial charge in [0.1, 0.15) is 17.9 Å². The maximum atomic E-state index is 13.5. The predicted molar refractivity (Wildman–Crippen MR) is 117 cm³/mol. The minimum absolute atomic E-state index is 0.0624. The fourth-order valence-corrected chi connectivity index (χ4v) is 3.29. The summed E-state index contributed by atoms with van der Waals surface area (Å²) < 4.78 is 49.8. The van der Waals surface area contributed by atoms with Crippen LogP contribution in [0.2, 0.25) is 0 Å². The molecule has 0 aliphatic carbocycles. The lowest BCUT2D eigenvalue weighted by molar-refractivity contribution is -0.149. The van der Waals surface area contributed by atoms with E-state index in [-0.39, 0.29) is 30.4 Å². The van der Waals surface area contributed by atoms with Crippen LogP contribution in [0.3, 0.4) is 0 Å². The van der Waals surface area contributed by atoms with E-state index in [0.717, 1.165) is 17.0 Å². The van der Waals surface area contributed by atoms with Crippen molar-refractivity contribution in [3.05, 3.63) is 71.5 Å². The van der Waals surface area contributed by atoms with Crippen LogP contribution in [0.5, 0.6) is 0 Å². The van der Waals surface area contributed by atoms with Gasteiger partial charge >= 0.3 is 12.1 Å². The largest absolute Gasteiger partial charge is 0.473 e. The van der Waals surface area contributed by atoms with Gasteiger partial charge in [-0.05, 0) is 37.6 Å². The van der Waals surface area contributed by atoms with Crippen LogP contribution in [-0.2, 0) is 30.0 Å². The summed E-state index contributed by atoms with van der Waals surface area (Å²) >= 11 is 0. The van der Waals surface area contributed by atoms with Crippen LogP contribution in [0.15, 0.2) is 60.4 Å². The normalized spacial score (nSPS) is 14.5. The SMILES string of the molecule is CC(=O)OCC1=C(c2ccccc2)C(=O)N(C(C)(C)C(=O)Nc2cccc(C(F)(F)F)c2)CO1. The Kier molecular flexibility index (Phi) is 6.99. The third kappa shape index (κ3) is 5.38. The Labute approximate surface area is 194 Å². The lowest BCUT2D eigenvalue weighted by Gasteiger charge is -2.40. The summed E-state index contributed by atoms with van der Waals surface area (Å²) in [6, 6.07) is 12.7. The van der Waals surface area contributed by atoms with Crippen molar-refractivity contribution >= 4 is 29.0 Å². The van der Waals surface area contributed by atoms with Crippen LogP contribution in [0.25, 0.3) is 5.57 Å². The van der Waals surface area contributed by atoms with Gasteiger partial charge in [0.15, 0.2) is 6.73 Å². The van der Waals surface area contributed by atoms with Crippen LogP contribution in [-0.4, -0.2) is 41.6 Å². The Bertz CT molecular complexity index is 1130. The van der Waals surface area contributed by atoms with Crippen molar-refractivity contribution in [2.75, 3.05) is 18.7 Å². The highest BCUT2D eigenvalue weighted by Gasteiger charge is 2.43. The predicted octanol–water partition coefficient (Wildman–Crippen LogP) is 4.21. The highest BCUT2D eigenvalue weighted by atomic mass is 19.4. The number of rotatable bonds is 6. The molecular weight excluding hydrogens is 453 g/mol. The number of esters is 1. The maximum Gasteiger partial charge on any atom is 0.416 e. The highest BCUT2D eigenvalue weighted by Crippen LogP contribution is 2.33. The zero-order valence-electron chi connectivity index (χ0n) is 18.7. The lowest BCUT2D eigenvalue weighted by atomic mass is 9.96. The molecule has 34 heavy (non-hydrogen) atoms. The molecule has 0 radical (unpaired) electrons. The molecule has 0 saturated heterocycles. The van der Waals surface area contributed by atoms with E-state index in [2.05, 4.69) is 5.32 Å². The number of halogens is 3. The Morgan fingerprint density at radius 2 is 1.76 bits per heavy atom. The first kappa shape index (κ1) is 24.8. The summed E-state index contributed by atoms with van der Waals surface area (Å²) in [6.07, 6.45) is -4.57. The summed E-state index contributed by atoms with van der Waals surface area (Å²) in [4.78, 5) is 39.0. The second-order valence-corrected chi connectivity index (χ2v) is 8.04. The number of nitrogens with one attached hydrogen (secondary N) is 1. The van der Waals surface area contributed by atoms with Crippen LogP contribution < -0.4 is 5.32 Å². The van der Waals surface area contributed by atoms with Gasteiger partial charge in [0.25, 0.3) is 5.91 Å². The fourth-order valence-electron chi connectivity index (χ4n) is 3.29. The monoisotopic (exact) mass is 476 g/mol. The molecule has 1 aliphatic rings. The molecule has 180 valence electrons. The standard InChI is InChI=1S/C24H23F3N2O5/c1-15(30)33-13-19-20(16-8-5-4-6-9-16)21(31)29(14-34-19)23(2,3)22(32)28-18-11-7-10-17(12-18)24(25,26)27/h4-12H,13-14H2,1-3H3,(H,28,32). The number of hydrogen-bond donors (Lipinski definition) is 1. The molecule has 0 saturated carbocycles. The minimum atomic E-state index is -4.57. The summed E-state index contributed by atoms with van der Waals surface area (Å²) in [5.74, 6) is -1.68. The van der Waals surface area contributed by atoms with Crippen LogP contribution >= 0.6 is 0 Å². The highest BCUT2D eigenvalue weighted by molar-refractivity contribution is 6.22. The van der Waals surface area contributed by atoms with Gasteiger partial charge in [0.05, 0.1) is 11.1 Å². The summed E-state index contributed by atoms with van der Waals surface area (Å²) in [6.45, 7) is 3.54. The number of benzene rings is 2. The molecule has 1 aliphatic heterocycles. The second-order valence-electron chi connectivity index (χ2n) is 8.04. The summed E-state index contributed by atoms with van der Waals surface area (Å²) in [5.41, 5.74) is -1.86. The summed E-state index contributed by atoms with van der Waals surface area (Å²) in [5, 5.41) is 2.44. The quantitative estimate of drug-likeness (QED) is 0.632. The molecule has 2 aromatic rings. The third-order valence-electron chi connectivity index (χ3n) is 5.25. The van der Waals surface area contributed by atoms with Gasteiger partial charge in [0, 0.05) is 12.6 Å². The van der Waals surface area contributed by atoms with E-state index in [1.54, 1.807) is 30.3 Å². The van der Waals surface area contributed by atoms with E-state index < -0.39 is 35.1 Å². The van der Waals surface area contributed by atoms with Gasteiger partial charge < -0.3 is 14.8 Å². The molecule has 0 bridgehead atoms. The van der Waals surface area contributed by atoms with E-state index in [0.29, 0.717) is 5.56 Å². The molecule has 10 heteroatoms. The van der Waals surface area contributed by atoms with Crippen LogP contribution in [0.1, 0.15) is 31.9 Å². The molecule has 0 atom stereocenters. The van der Waals surface area contributed by atoms with E-state index in [1.807, 2.05) is 0 Å². The first-order valence-corrected chi connectivity index (χ1v) is 10.3. The molecule has 7 nitrogen and oxygen atoms in total. The maximum absolute atomic E-state index is 13.5. The van der Waals surface area contributed by atoms with Gasteiger partial charge in [-0.1, -0.05) is 36.4 Å². The van der Waals surface area contributed by atoms with Gasteiger partial charge in [-0.3, -0.25) is 19.3 Å². The molecule has 1 N–H and O–H groups in total. The first-order chi connectivity index (χ1) is 15.9. The molecule has 2 amide bonds. The first-order valence-electron chi connectivity index (χ1n) is 10.3. The number of hydrogen-bond acceptors (Lipinski definition) is 5. The average Bonchev–Trinajstić information content (AvgIpc) is 2.77. The van der Waals surface area contributed by atoms with Crippen molar-refractivity contribution in [1.29, 1.82) is 0 Å². The van der Waals surface area contributed by atoms with Gasteiger partial charge in [0.2, 0.25) is 5.91 Å². The van der Waals surface area contributed by atoms with Crippen molar-refractivity contribution < 1.29 is 37.0 Å². The fraction of sp³-hybridized carbons (Fsp3) is 0.292. The third-order valence-corrected chi connectivity index (χ3v) is 5.25. The number of anilines is 1. The molecule has 2 aromatic carbocycles. The Morgan fingerprint density at radius 3 is 2.38 bits per heavy atom. The number of amides is 2. The van der Waals surface area contributed by atoms with Crippen molar-refractivity contribution in [3.8, 4) is 0 Å². The number of carbonyl (C=O) groups is 3. The smallest absolute Gasteiger partial charge is 0.416 e. The average molecular weight is 476 g/mol. The molecule has 0 fully saturated rings. The van der Waals surface area contributed by atoms with Crippen LogP contribution in [0.4, 0.5) is 18.9 Å². The van der Waals surface area contributed by atoms with E-state index in [1.165, 1.54) is 32.9 Å². The molecule has 0 aromatic heterocycles. The Morgan fingerprint density at radius 1 is 1.09 bits per heavy atom. The molecule has 0 unspecified atom stereocenters. The van der Waals surface area contributed by atoms with E-state index in [9.17, 15) is 27.6 Å². The number of nitrogens with zero attached hydrogens (tertiary/aromatic N) is 1. The van der Waals surface area contributed by atoms with Crippen molar-refractivity contribution in [2.24, 2.45) is 0 Å². The van der Waals surface area contributed by atoms with Gasteiger partial charge in [-0.2, -0.15) is 13.2 Å². The minimum Gasteiger partial charge on any atom is -0.473 e. The number of carbonyl (C=O) groups excluding carboxylic acids is 3. The van der Waals surface area contributed by atoms with Gasteiger partial charge in [-0.25, -0.2) is 0 Å². The Balaban J connectivity index is 1.89. The lowest BCUT2D eigenvalue weighted by Crippen LogP contribution is -2.57. The van der Waals surface area contributed by atoms with Crippen molar-refractivity contribution in [3.63, 3.8) is 0 Å². The number of alkyl halides is 3. The summed E-state index contributed by atoms with van der Waals surface area (Å²) in [7, 11) is 0. The topological polar surface area (TPSA) is 84.9 Å². The van der Waals surface area contributed by atoms with Crippen molar-refractivity contribution in [2.45, 2.75) is 32.5 Å². The number of ether oxygens (including phenoxy) is 2. The van der Waals surface area contributed by atoms with E-state index >= 15 is 0 Å².